The summed E-state index contributed by atoms with van der Waals surface area (Å²) >= 11 is 0. The van der Waals surface area contributed by atoms with Crippen molar-refractivity contribution in [1.29, 1.82) is 0 Å². The second-order valence-corrected chi connectivity index (χ2v) is 24.2. The Kier molecular flexibility index (Phi) is 14.7. The molecule has 0 N–H and O–H groups in total. The van der Waals surface area contributed by atoms with Crippen LogP contribution in [0, 0.1) is 37.6 Å². The van der Waals surface area contributed by atoms with Crippen molar-refractivity contribution in [3.05, 3.63) is 323 Å². The van der Waals surface area contributed by atoms with E-state index >= 15 is 0 Å². The van der Waals surface area contributed by atoms with E-state index in [-0.39, 0.29) is 42.1 Å². The first-order valence-corrected chi connectivity index (χ1v) is 31.8. The first-order chi connectivity index (χ1) is 47.0. The Hall–Kier alpha value is -11.2. The summed E-state index contributed by atoms with van der Waals surface area (Å²) in [6.45, 7) is 4.25. The Morgan fingerprint density at radius 3 is 1.12 bits per heavy atom. The van der Waals surface area contributed by atoms with Gasteiger partial charge in [-0.25, -0.2) is 4.98 Å². The maximum Gasteiger partial charge on any atom is 0.143 e. The zero-order chi connectivity index (χ0) is 62.8. The van der Waals surface area contributed by atoms with Crippen molar-refractivity contribution in [2.45, 2.75) is 0 Å². The van der Waals surface area contributed by atoms with Crippen molar-refractivity contribution < 1.29 is 42.1 Å². The van der Waals surface area contributed by atoms with Crippen molar-refractivity contribution in [3.63, 3.8) is 0 Å². The summed E-state index contributed by atoms with van der Waals surface area (Å²) in [4.78, 5) is 18.1. The standard InChI is InChI=1S/C45H29N6.C39H26N5.2Pt/c1-47-29-48(28-44(47)51-41-21-8-3-14-33(41)34-15-4-9-22-42(34)51)30-23-24-37-35-16-2-6-19-39(35)49(43(37)27-30)31-12-10-13-32(26-31)50-40-20-7-5-17-36(40)38-18-11-25-46-45(38)50;1-41-26-42(25-39(41)44-36-18-6-3-13-30(36)31-14-4-7-19-37(31)44)28-11-10-12-29(24-28)43-35-17-5-2-15-32(35)33-21-20-27(23-38(33)43)34-16-8-9-22-40-34;;/h2-25,28-29H,1H3;2-22,25-26H,1H3;;/q2*-3;;. The predicted molar refractivity (Wildman–Crippen MR) is 389 cm³/mol. The van der Waals surface area contributed by atoms with Crippen LogP contribution in [-0.2, 0) is 42.1 Å². The smallest absolute Gasteiger partial charge is 0.143 e. The van der Waals surface area contributed by atoms with E-state index in [1.807, 2.05) is 36.7 Å². The van der Waals surface area contributed by atoms with E-state index in [9.17, 15) is 0 Å². The second-order valence-electron chi connectivity index (χ2n) is 24.2. The molecule has 9 heterocycles. The number of rotatable bonds is 8. The summed E-state index contributed by atoms with van der Waals surface area (Å²) in [5.41, 5.74) is 17.6. The van der Waals surface area contributed by atoms with E-state index in [1.165, 1.54) is 59.8 Å². The van der Waals surface area contributed by atoms with Gasteiger partial charge in [0.1, 0.15) is 5.65 Å². The third-order valence-corrected chi connectivity index (χ3v) is 18.8. The monoisotopic (exact) mass is 1610 g/mol. The van der Waals surface area contributed by atoms with Gasteiger partial charge in [0.25, 0.3) is 0 Å². The van der Waals surface area contributed by atoms with Crippen LogP contribution in [0.5, 0.6) is 0 Å². The molecular weight excluding hydrogens is 1550 g/mol. The molecule has 0 spiro atoms. The fourth-order valence-corrected chi connectivity index (χ4v) is 14.6. The van der Waals surface area contributed by atoms with E-state index in [4.69, 9.17) is 4.98 Å². The number of hydrogen-bond acceptors (Lipinski definition) is 6. The van der Waals surface area contributed by atoms with Gasteiger partial charge in [0.2, 0.25) is 0 Å². The molecule has 0 amide bonds. The third-order valence-electron chi connectivity index (χ3n) is 18.8. The van der Waals surface area contributed by atoms with Crippen molar-refractivity contribution >= 4 is 132 Å². The van der Waals surface area contributed by atoms with Crippen LogP contribution < -0.4 is 9.80 Å². The van der Waals surface area contributed by atoms with Gasteiger partial charge >= 0.3 is 0 Å². The summed E-state index contributed by atoms with van der Waals surface area (Å²) in [5.74, 6) is 2.15. The number of hydrogen-bond donors (Lipinski definition) is 0. The molecule has 0 bridgehead atoms. The van der Waals surface area contributed by atoms with Gasteiger partial charge in [-0.1, -0.05) is 167 Å². The molecule has 7 aromatic heterocycles. The Morgan fingerprint density at radius 2 is 0.639 bits per heavy atom. The molecule has 0 saturated heterocycles. The van der Waals surface area contributed by atoms with E-state index in [2.05, 4.69) is 348 Å². The molecule has 0 atom stereocenters. The Balaban J connectivity index is 0.000000145. The molecule has 11 nitrogen and oxygen atoms in total. The number of benzene rings is 11. The molecule has 13 heteroatoms. The minimum atomic E-state index is 0. The van der Waals surface area contributed by atoms with E-state index < -0.39 is 0 Å². The molecule has 18 aromatic rings. The Labute approximate surface area is 588 Å². The number of anilines is 2. The quantitative estimate of drug-likeness (QED) is 0.141. The van der Waals surface area contributed by atoms with E-state index in [1.54, 1.807) is 0 Å². The molecule has 472 valence electrons. The Bertz CT molecular complexity index is 6050. The fourth-order valence-electron chi connectivity index (χ4n) is 14.6. The van der Waals surface area contributed by atoms with Crippen LogP contribution in [0.2, 0.25) is 0 Å². The molecular formula is C84H55N11Pt2-6. The van der Waals surface area contributed by atoms with Crippen LogP contribution in [0.15, 0.2) is 286 Å². The normalized spacial score (nSPS) is 13.3. The van der Waals surface area contributed by atoms with Gasteiger partial charge < -0.3 is 38.3 Å². The molecule has 97 heavy (non-hydrogen) atoms. The summed E-state index contributed by atoms with van der Waals surface area (Å²) < 4.78 is 11.5. The average Bonchev–Trinajstić information content (AvgIpc) is 1.61. The summed E-state index contributed by atoms with van der Waals surface area (Å²) in [6, 6.07) is 107. The van der Waals surface area contributed by atoms with Gasteiger partial charge in [0.05, 0.1) is 39.2 Å². The van der Waals surface area contributed by atoms with Gasteiger partial charge in [-0.05, 0) is 96.7 Å². The Morgan fingerprint density at radius 1 is 0.278 bits per heavy atom. The van der Waals surface area contributed by atoms with E-state index in [0.29, 0.717) is 0 Å². The summed E-state index contributed by atoms with van der Waals surface area (Å²) in [5, 5.41) is 11.9. The van der Waals surface area contributed by atoms with Crippen LogP contribution in [0.25, 0.3) is 149 Å². The fraction of sp³-hybridized carbons (Fsp3) is 0.0238. The molecule has 20 rings (SSSR count). The maximum atomic E-state index is 4.82. The number of fused-ring (bicyclic) bond motifs is 15. The van der Waals surface area contributed by atoms with Crippen molar-refractivity contribution in [2.75, 3.05) is 23.9 Å². The number of pyridine rings is 2. The van der Waals surface area contributed by atoms with Crippen LogP contribution in [0.1, 0.15) is 0 Å². The SMILES string of the molecule is CN1[CH-]N(c2[c-]c(-n3c4[c-]c(-c5ccccn5)ccc4c4ccccc43)ccc2)C=C1n1c2ccccc2c2ccccc21.CN1[CH-]N(c2[c-]c3c(cc2)c2ccccc2n3-c2[c-]c(-n3c4ccccc4c4cccnc43)ccc2)C=C1n1c2ccccc2c2ccccc21.[Pt].[Pt]. The second kappa shape index (κ2) is 23.9. The van der Waals surface area contributed by atoms with Crippen molar-refractivity contribution in [1.82, 2.24) is 42.6 Å². The first kappa shape index (κ1) is 59.5. The van der Waals surface area contributed by atoms with Gasteiger partial charge in [0, 0.05) is 110 Å². The van der Waals surface area contributed by atoms with Crippen molar-refractivity contribution in [2.24, 2.45) is 0 Å². The van der Waals surface area contributed by atoms with E-state index in [0.717, 1.165) is 101 Å². The number of para-hydroxylation sites is 7. The average molecular weight is 1610 g/mol. The van der Waals surface area contributed by atoms with Crippen molar-refractivity contribution in [3.8, 4) is 28.3 Å². The predicted octanol–water partition coefficient (Wildman–Crippen LogP) is 19.2. The van der Waals surface area contributed by atoms with Crippen LogP contribution in [-0.4, -0.2) is 56.7 Å². The molecule has 0 fully saturated rings. The van der Waals surface area contributed by atoms with Gasteiger partial charge in [0.15, 0.2) is 0 Å². The minimum Gasteiger partial charge on any atom is -0.498 e. The van der Waals surface area contributed by atoms with Crippen LogP contribution in [0.3, 0.4) is 0 Å². The zero-order valence-electron chi connectivity index (χ0n) is 52.3. The maximum absolute atomic E-state index is 4.82. The van der Waals surface area contributed by atoms with Gasteiger partial charge in [-0.15, -0.1) is 89.1 Å². The minimum absolute atomic E-state index is 0. The molecule has 11 aromatic carbocycles. The molecule has 2 aliphatic rings. The molecule has 0 radical (unpaired) electrons. The first-order valence-electron chi connectivity index (χ1n) is 31.8. The summed E-state index contributed by atoms with van der Waals surface area (Å²) in [6.07, 6.45) is 8.07. The largest absolute Gasteiger partial charge is 0.498 e. The van der Waals surface area contributed by atoms with Gasteiger partial charge in [-0.3, -0.25) is 9.13 Å². The topological polar surface area (TPSA) is 63.4 Å². The van der Waals surface area contributed by atoms with Crippen LogP contribution >= 0.6 is 0 Å². The molecule has 0 saturated carbocycles. The number of nitrogens with zero attached hydrogens (tertiary/aromatic N) is 11. The zero-order valence-corrected chi connectivity index (χ0v) is 56.9. The van der Waals surface area contributed by atoms with Crippen LogP contribution in [0.4, 0.5) is 11.4 Å². The molecule has 0 unspecified atom stereocenters. The number of aromatic nitrogens is 7. The van der Waals surface area contributed by atoms with Gasteiger partial charge in [-0.2, -0.15) is 31.5 Å². The summed E-state index contributed by atoms with van der Waals surface area (Å²) in [7, 11) is 4.20. The third kappa shape index (κ3) is 9.54. The molecule has 0 aliphatic carbocycles. The molecule has 2 aliphatic heterocycles.